The maximum Gasteiger partial charge on any atom is 0.123 e. The maximum absolute atomic E-state index is 5.83. The highest BCUT2D eigenvalue weighted by Gasteiger charge is 2.21. The molecule has 1 aliphatic carbocycles. The lowest BCUT2D eigenvalue weighted by atomic mass is 10.2. The number of likely N-dealkylation sites (N-methyl/N-ethyl adjacent to an activating group) is 1. The summed E-state index contributed by atoms with van der Waals surface area (Å²) in [5.41, 5.74) is 1.16. The Kier molecular flexibility index (Phi) is 4.80. The normalized spacial score (nSPS) is 17.3. The second kappa shape index (κ2) is 6.36. The first-order chi connectivity index (χ1) is 8.65. The summed E-state index contributed by atoms with van der Waals surface area (Å²) in [6.45, 7) is 4.49. The van der Waals surface area contributed by atoms with Crippen LogP contribution in [0.25, 0.3) is 0 Å². The lowest BCUT2D eigenvalue weighted by Gasteiger charge is -2.17. The average Bonchev–Trinajstić information content (AvgIpc) is 3.02. The van der Waals surface area contributed by atoms with Crippen molar-refractivity contribution in [1.82, 2.24) is 10.2 Å². The molecule has 2 rings (SSSR count). The van der Waals surface area contributed by atoms with Gasteiger partial charge >= 0.3 is 0 Å². The van der Waals surface area contributed by atoms with Crippen molar-refractivity contribution in [1.29, 1.82) is 0 Å². The van der Waals surface area contributed by atoms with E-state index in [-0.39, 0.29) is 6.10 Å². The van der Waals surface area contributed by atoms with Crippen LogP contribution in [0.4, 0.5) is 0 Å². The van der Waals surface area contributed by atoms with Crippen molar-refractivity contribution in [2.75, 3.05) is 20.6 Å². The molecular weight excluding hydrogens is 228 g/mol. The van der Waals surface area contributed by atoms with E-state index in [1.165, 1.54) is 12.8 Å². The highest BCUT2D eigenvalue weighted by atomic mass is 16.5. The van der Waals surface area contributed by atoms with E-state index in [2.05, 4.69) is 31.2 Å². The number of rotatable bonds is 8. The van der Waals surface area contributed by atoms with Crippen LogP contribution in [-0.4, -0.2) is 37.7 Å². The standard InChI is InChI=1S/C14H24N2O2/c1-11(9-16(2)3)18-10-12-6-7-17-14(12)8-15-13-4-5-13/h6-7,11,13,15H,4-5,8-10H2,1-3H3. The summed E-state index contributed by atoms with van der Waals surface area (Å²) in [6.07, 6.45) is 4.58. The molecule has 1 saturated carbocycles. The van der Waals surface area contributed by atoms with Gasteiger partial charge in [0.25, 0.3) is 0 Å². The number of hydrogen-bond donors (Lipinski definition) is 1. The molecule has 1 aliphatic rings. The second-order valence-electron chi connectivity index (χ2n) is 5.41. The number of ether oxygens (including phenoxy) is 1. The Bertz CT molecular complexity index is 358. The first kappa shape index (κ1) is 13.6. The van der Waals surface area contributed by atoms with Crippen LogP contribution in [0.3, 0.4) is 0 Å². The van der Waals surface area contributed by atoms with Crippen LogP contribution in [0.2, 0.25) is 0 Å². The van der Waals surface area contributed by atoms with Gasteiger partial charge in [0.05, 0.1) is 25.5 Å². The van der Waals surface area contributed by atoms with Crippen LogP contribution in [-0.2, 0) is 17.9 Å². The third-order valence-corrected chi connectivity index (χ3v) is 3.11. The molecule has 1 atom stereocenters. The summed E-state index contributed by atoms with van der Waals surface area (Å²) in [5.74, 6) is 1.01. The molecule has 0 bridgehead atoms. The van der Waals surface area contributed by atoms with Crippen LogP contribution >= 0.6 is 0 Å². The highest BCUT2D eigenvalue weighted by Crippen LogP contribution is 2.20. The number of furan rings is 1. The van der Waals surface area contributed by atoms with Gasteiger partial charge in [0.2, 0.25) is 0 Å². The Morgan fingerprint density at radius 3 is 2.94 bits per heavy atom. The monoisotopic (exact) mass is 252 g/mol. The molecular formula is C14H24N2O2. The predicted octanol–water partition coefficient (Wildman–Crippen LogP) is 2.00. The van der Waals surface area contributed by atoms with Gasteiger partial charge < -0.3 is 19.4 Å². The Balaban J connectivity index is 1.75. The zero-order chi connectivity index (χ0) is 13.0. The Labute approximate surface area is 109 Å². The maximum atomic E-state index is 5.83. The van der Waals surface area contributed by atoms with Gasteiger partial charge in [0.1, 0.15) is 5.76 Å². The van der Waals surface area contributed by atoms with Crippen LogP contribution in [0.1, 0.15) is 31.1 Å². The fourth-order valence-corrected chi connectivity index (χ4v) is 1.97. The Morgan fingerprint density at radius 1 is 1.50 bits per heavy atom. The van der Waals surface area contributed by atoms with Gasteiger partial charge in [0, 0.05) is 18.2 Å². The first-order valence-electron chi connectivity index (χ1n) is 6.70. The van der Waals surface area contributed by atoms with E-state index in [1.54, 1.807) is 6.26 Å². The molecule has 102 valence electrons. The van der Waals surface area contributed by atoms with Gasteiger partial charge in [-0.3, -0.25) is 0 Å². The third kappa shape index (κ3) is 4.44. The smallest absolute Gasteiger partial charge is 0.123 e. The SMILES string of the molecule is CC(CN(C)C)OCc1ccoc1CNC1CC1. The fourth-order valence-electron chi connectivity index (χ4n) is 1.97. The summed E-state index contributed by atoms with van der Waals surface area (Å²) in [4.78, 5) is 2.13. The lowest BCUT2D eigenvalue weighted by molar-refractivity contribution is 0.0357. The summed E-state index contributed by atoms with van der Waals surface area (Å²) >= 11 is 0. The molecule has 0 spiro atoms. The summed E-state index contributed by atoms with van der Waals surface area (Å²) < 4.78 is 11.3. The quantitative estimate of drug-likeness (QED) is 0.768. The van der Waals surface area contributed by atoms with Crippen molar-refractivity contribution in [3.05, 3.63) is 23.7 Å². The highest BCUT2D eigenvalue weighted by molar-refractivity contribution is 5.16. The largest absolute Gasteiger partial charge is 0.468 e. The first-order valence-corrected chi connectivity index (χ1v) is 6.70. The molecule has 0 saturated heterocycles. The fraction of sp³-hybridized carbons (Fsp3) is 0.714. The van der Waals surface area contributed by atoms with Crippen molar-refractivity contribution in [2.24, 2.45) is 0 Å². The number of nitrogens with one attached hydrogen (secondary N) is 1. The van der Waals surface area contributed by atoms with Gasteiger partial charge in [-0.2, -0.15) is 0 Å². The summed E-state index contributed by atoms with van der Waals surface area (Å²) in [7, 11) is 4.12. The Morgan fingerprint density at radius 2 is 2.28 bits per heavy atom. The number of nitrogens with zero attached hydrogens (tertiary/aromatic N) is 1. The minimum atomic E-state index is 0.235. The number of hydrogen-bond acceptors (Lipinski definition) is 4. The Hall–Kier alpha value is -0.840. The molecule has 4 heteroatoms. The molecule has 18 heavy (non-hydrogen) atoms. The van der Waals surface area contributed by atoms with E-state index in [0.29, 0.717) is 12.6 Å². The van der Waals surface area contributed by atoms with Crippen LogP contribution in [0, 0.1) is 0 Å². The molecule has 0 aliphatic heterocycles. The zero-order valence-electron chi connectivity index (χ0n) is 11.6. The van der Waals surface area contributed by atoms with Crippen molar-refractivity contribution < 1.29 is 9.15 Å². The van der Waals surface area contributed by atoms with E-state index in [1.807, 2.05) is 6.07 Å². The van der Waals surface area contributed by atoms with Crippen molar-refractivity contribution >= 4 is 0 Å². The van der Waals surface area contributed by atoms with Crippen molar-refractivity contribution in [2.45, 2.75) is 45.1 Å². The van der Waals surface area contributed by atoms with E-state index >= 15 is 0 Å². The van der Waals surface area contributed by atoms with E-state index in [0.717, 1.165) is 24.4 Å². The molecule has 1 unspecified atom stereocenters. The van der Waals surface area contributed by atoms with Gasteiger partial charge in [-0.15, -0.1) is 0 Å². The van der Waals surface area contributed by atoms with Crippen molar-refractivity contribution in [3.63, 3.8) is 0 Å². The van der Waals surface area contributed by atoms with Gasteiger partial charge in [-0.1, -0.05) is 0 Å². The lowest BCUT2D eigenvalue weighted by Crippen LogP contribution is -2.25. The predicted molar refractivity (Wildman–Crippen MR) is 71.4 cm³/mol. The molecule has 1 aromatic rings. The van der Waals surface area contributed by atoms with E-state index in [9.17, 15) is 0 Å². The molecule has 1 N–H and O–H groups in total. The van der Waals surface area contributed by atoms with Crippen LogP contribution < -0.4 is 5.32 Å². The minimum Gasteiger partial charge on any atom is -0.468 e. The second-order valence-corrected chi connectivity index (χ2v) is 5.41. The zero-order valence-corrected chi connectivity index (χ0v) is 11.6. The van der Waals surface area contributed by atoms with Gasteiger partial charge in [-0.05, 0) is 39.9 Å². The summed E-state index contributed by atoms with van der Waals surface area (Å²) in [6, 6.07) is 2.71. The van der Waals surface area contributed by atoms with Crippen LogP contribution in [0.15, 0.2) is 16.7 Å². The molecule has 1 fully saturated rings. The third-order valence-electron chi connectivity index (χ3n) is 3.11. The molecule has 1 aromatic heterocycles. The summed E-state index contributed by atoms with van der Waals surface area (Å²) in [5, 5.41) is 3.46. The molecule has 0 aromatic carbocycles. The molecule has 0 radical (unpaired) electrons. The minimum absolute atomic E-state index is 0.235. The molecule has 0 amide bonds. The van der Waals surface area contributed by atoms with Crippen molar-refractivity contribution in [3.8, 4) is 0 Å². The van der Waals surface area contributed by atoms with Gasteiger partial charge in [0.15, 0.2) is 0 Å². The molecule has 4 nitrogen and oxygen atoms in total. The average molecular weight is 252 g/mol. The molecule has 1 heterocycles. The topological polar surface area (TPSA) is 37.6 Å². The van der Waals surface area contributed by atoms with Crippen LogP contribution in [0.5, 0.6) is 0 Å². The van der Waals surface area contributed by atoms with E-state index in [4.69, 9.17) is 9.15 Å². The van der Waals surface area contributed by atoms with E-state index < -0.39 is 0 Å². The van der Waals surface area contributed by atoms with Gasteiger partial charge in [-0.25, -0.2) is 0 Å².